The number of hydrogen-bond donors (Lipinski definition) is 1. The fourth-order valence-electron chi connectivity index (χ4n) is 3.41. The van der Waals surface area contributed by atoms with E-state index in [2.05, 4.69) is 5.32 Å². The summed E-state index contributed by atoms with van der Waals surface area (Å²) in [6.45, 7) is 5.69. The maximum absolute atomic E-state index is 13.5. The van der Waals surface area contributed by atoms with Crippen molar-refractivity contribution in [1.82, 2.24) is 10.2 Å². The van der Waals surface area contributed by atoms with Gasteiger partial charge in [-0.3, -0.25) is 13.9 Å². The number of unbranched alkanes of at least 4 members (excludes halogenated alkanes) is 1. The molecule has 2 aromatic rings. The van der Waals surface area contributed by atoms with E-state index in [-0.39, 0.29) is 28.2 Å². The van der Waals surface area contributed by atoms with E-state index in [9.17, 15) is 18.0 Å². The average molecular weight is 529 g/mol. The van der Waals surface area contributed by atoms with Crippen LogP contribution < -0.4 is 9.62 Å². The van der Waals surface area contributed by atoms with Crippen LogP contribution in [0.2, 0.25) is 10.0 Å². The Hall–Kier alpha value is -2.29. The maximum Gasteiger partial charge on any atom is 0.244 e. The predicted molar refractivity (Wildman–Crippen MR) is 138 cm³/mol. The summed E-state index contributed by atoms with van der Waals surface area (Å²) in [4.78, 5) is 27.7. The van der Waals surface area contributed by atoms with Crippen LogP contribution in [0.1, 0.15) is 37.8 Å². The van der Waals surface area contributed by atoms with Gasteiger partial charge in [-0.1, -0.05) is 72.4 Å². The standard InChI is InChI=1S/C24H31Cl2N3O4S/c1-5-6-13-27-24(31)18(3)28(15-19-10-7-9-17(2)14-19)22(30)16-29(34(4,32)33)21-12-8-11-20(25)23(21)26/h7-12,14,18H,5-6,13,15-16H2,1-4H3,(H,27,31). The first-order valence-corrected chi connectivity index (χ1v) is 13.6. The molecule has 0 aliphatic rings. The summed E-state index contributed by atoms with van der Waals surface area (Å²) >= 11 is 12.3. The van der Waals surface area contributed by atoms with E-state index in [1.54, 1.807) is 13.0 Å². The van der Waals surface area contributed by atoms with Gasteiger partial charge in [0.1, 0.15) is 12.6 Å². The minimum absolute atomic E-state index is 0.0259. The molecule has 0 saturated carbocycles. The molecule has 1 N–H and O–H groups in total. The van der Waals surface area contributed by atoms with Gasteiger partial charge in [-0.2, -0.15) is 0 Å². The lowest BCUT2D eigenvalue weighted by Gasteiger charge is -2.31. The molecular weight excluding hydrogens is 497 g/mol. The molecule has 0 heterocycles. The lowest BCUT2D eigenvalue weighted by Crippen LogP contribution is -2.51. The van der Waals surface area contributed by atoms with E-state index in [1.807, 2.05) is 38.1 Å². The molecule has 1 unspecified atom stereocenters. The molecular formula is C24H31Cl2N3O4S. The summed E-state index contributed by atoms with van der Waals surface area (Å²) in [7, 11) is -3.89. The highest BCUT2D eigenvalue weighted by Gasteiger charge is 2.31. The number of amides is 2. The van der Waals surface area contributed by atoms with Crippen molar-refractivity contribution >= 4 is 50.7 Å². The van der Waals surface area contributed by atoms with Crippen LogP contribution in [0, 0.1) is 6.92 Å². The second-order valence-corrected chi connectivity index (χ2v) is 10.9. The quantitative estimate of drug-likeness (QED) is 0.438. The lowest BCUT2D eigenvalue weighted by atomic mass is 10.1. The predicted octanol–water partition coefficient (Wildman–Crippen LogP) is 4.40. The van der Waals surface area contributed by atoms with Gasteiger partial charge in [-0.05, 0) is 38.0 Å². The fourth-order valence-corrected chi connectivity index (χ4v) is 4.71. The van der Waals surface area contributed by atoms with E-state index in [1.165, 1.54) is 17.0 Å². The van der Waals surface area contributed by atoms with E-state index in [0.717, 1.165) is 34.5 Å². The molecule has 0 fully saturated rings. The van der Waals surface area contributed by atoms with Crippen LogP contribution in [0.25, 0.3) is 0 Å². The molecule has 7 nitrogen and oxygen atoms in total. The molecule has 0 aromatic heterocycles. The number of carbonyl (C=O) groups excluding carboxylic acids is 2. The molecule has 1 atom stereocenters. The minimum atomic E-state index is -3.89. The number of sulfonamides is 1. The van der Waals surface area contributed by atoms with Crippen LogP contribution >= 0.6 is 23.2 Å². The van der Waals surface area contributed by atoms with Gasteiger partial charge in [0, 0.05) is 13.1 Å². The van der Waals surface area contributed by atoms with Gasteiger partial charge in [0.15, 0.2) is 0 Å². The van der Waals surface area contributed by atoms with Crippen molar-refractivity contribution in [3.8, 4) is 0 Å². The molecule has 2 amide bonds. The number of nitrogens with one attached hydrogen (secondary N) is 1. The van der Waals surface area contributed by atoms with Crippen molar-refractivity contribution in [3.63, 3.8) is 0 Å². The normalized spacial score (nSPS) is 12.2. The Morgan fingerprint density at radius 3 is 2.41 bits per heavy atom. The third kappa shape index (κ3) is 7.61. The molecule has 0 saturated heterocycles. The number of carbonyl (C=O) groups is 2. The van der Waals surface area contributed by atoms with E-state index in [0.29, 0.717) is 6.54 Å². The second kappa shape index (κ2) is 12.4. The van der Waals surface area contributed by atoms with E-state index < -0.39 is 28.5 Å². The molecule has 0 aliphatic heterocycles. The number of halogens is 2. The van der Waals surface area contributed by atoms with E-state index >= 15 is 0 Å². The Morgan fingerprint density at radius 2 is 1.79 bits per heavy atom. The molecule has 10 heteroatoms. The maximum atomic E-state index is 13.5. The Balaban J connectivity index is 2.39. The van der Waals surface area contributed by atoms with Crippen LogP contribution in [0.4, 0.5) is 5.69 Å². The monoisotopic (exact) mass is 527 g/mol. The van der Waals surface area contributed by atoms with Gasteiger partial charge in [0.2, 0.25) is 21.8 Å². The van der Waals surface area contributed by atoms with Crippen LogP contribution in [-0.2, 0) is 26.2 Å². The third-order valence-electron chi connectivity index (χ3n) is 5.31. The number of nitrogens with zero attached hydrogens (tertiary/aromatic N) is 2. The summed E-state index contributed by atoms with van der Waals surface area (Å²) in [6, 6.07) is 11.3. The SMILES string of the molecule is CCCCNC(=O)C(C)N(Cc1cccc(C)c1)C(=O)CN(c1cccc(Cl)c1Cl)S(C)(=O)=O. The van der Waals surface area contributed by atoms with Gasteiger partial charge in [-0.25, -0.2) is 8.42 Å². The Morgan fingerprint density at radius 1 is 1.12 bits per heavy atom. The molecule has 0 bridgehead atoms. The number of anilines is 1. The van der Waals surface area contributed by atoms with Crippen LogP contribution in [0.5, 0.6) is 0 Å². The van der Waals surface area contributed by atoms with Crippen molar-refractivity contribution in [2.24, 2.45) is 0 Å². The van der Waals surface area contributed by atoms with Gasteiger partial charge >= 0.3 is 0 Å². The highest BCUT2D eigenvalue weighted by molar-refractivity contribution is 7.92. The Bertz CT molecular complexity index is 1120. The van der Waals surface area contributed by atoms with Crippen LogP contribution in [-0.4, -0.2) is 50.5 Å². The van der Waals surface area contributed by atoms with Gasteiger partial charge in [0.05, 0.1) is 22.0 Å². The summed E-state index contributed by atoms with van der Waals surface area (Å²) < 4.78 is 26.1. The number of benzene rings is 2. The largest absolute Gasteiger partial charge is 0.354 e. The molecule has 34 heavy (non-hydrogen) atoms. The van der Waals surface area contributed by atoms with Gasteiger partial charge in [0.25, 0.3) is 0 Å². The first kappa shape index (κ1) is 28.0. The highest BCUT2D eigenvalue weighted by atomic mass is 35.5. The third-order valence-corrected chi connectivity index (χ3v) is 7.25. The average Bonchev–Trinajstić information content (AvgIpc) is 2.76. The molecule has 186 valence electrons. The Labute approximate surface area is 212 Å². The Kier molecular flexibility index (Phi) is 10.2. The van der Waals surface area contributed by atoms with Crippen LogP contribution in [0.15, 0.2) is 42.5 Å². The number of rotatable bonds is 11. The van der Waals surface area contributed by atoms with E-state index in [4.69, 9.17) is 23.2 Å². The smallest absolute Gasteiger partial charge is 0.244 e. The summed E-state index contributed by atoms with van der Waals surface area (Å²) in [5, 5.41) is 3.04. The van der Waals surface area contributed by atoms with Crippen molar-refractivity contribution in [3.05, 3.63) is 63.6 Å². The van der Waals surface area contributed by atoms with Gasteiger partial charge in [-0.15, -0.1) is 0 Å². The first-order chi connectivity index (χ1) is 16.0. The van der Waals surface area contributed by atoms with Crippen molar-refractivity contribution in [2.75, 3.05) is 23.7 Å². The van der Waals surface area contributed by atoms with Crippen molar-refractivity contribution in [2.45, 2.75) is 46.2 Å². The molecule has 0 radical (unpaired) electrons. The molecule has 2 rings (SSSR count). The second-order valence-electron chi connectivity index (χ2n) is 8.17. The summed E-state index contributed by atoms with van der Waals surface area (Å²) in [5.41, 5.74) is 1.93. The summed E-state index contributed by atoms with van der Waals surface area (Å²) in [5.74, 6) is -0.845. The number of aryl methyl sites for hydroxylation is 1. The van der Waals surface area contributed by atoms with Crippen LogP contribution in [0.3, 0.4) is 0 Å². The zero-order chi connectivity index (χ0) is 25.5. The minimum Gasteiger partial charge on any atom is -0.354 e. The highest BCUT2D eigenvalue weighted by Crippen LogP contribution is 2.33. The van der Waals surface area contributed by atoms with Crippen molar-refractivity contribution in [1.29, 1.82) is 0 Å². The first-order valence-electron chi connectivity index (χ1n) is 11.0. The zero-order valence-corrected chi connectivity index (χ0v) is 22.2. The van der Waals surface area contributed by atoms with Crippen molar-refractivity contribution < 1.29 is 18.0 Å². The topological polar surface area (TPSA) is 86.8 Å². The molecule has 0 spiro atoms. The van der Waals surface area contributed by atoms with Gasteiger partial charge < -0.3 is 10.2 Å². The summed E-state index contributed by atoms with van der Waals surface area (Å²) in [6.07, 6.45) is 2.73. The fraction of sp³-hybridized carbons (Fsp3) is 0.417. The molecule has 0 aliphatic carbocycles. The number of hydrogen-bond acceptors (Lipinski definition) is 4. The zero-order valence-electron chi connectivity index (χ0n) is 19.8. The molecule has 2 aromatic carbocycles. The lowest BCUT2D eigenvalue weighted by molar-refractivity contribution is -0.139.